The van der Waals surface area contributed by atoms with Crippen molar-refractivity contribution in [3.63, 3.8) is 0 Å². The minimum atomic E-state index is -0.470. The number of rotatable bonds is 7. The molecule has 3 aromatic carbocycles. The number of para-hydroxylation sites is 1. The summed E-state index contributed by atoms with van der Waals surface area (Å²) in [5, 5.41) is 10.5. The number of hydrogen-bond donors (Lipinski definition) is 2. The Morgan fingerprint density at radius 2 is 1.60 bits per heavy atom. The molecule has 1 heterocycles. The van der Waals surface area contributed by atoms with Crippen molar-refractivity contribution in [1.82, 2.24) is 20.1 Å². The minimum Gasteiger partial charge on any atom is -0.454 e. The lowest BCUT2D eigenvalue weighted by molar-refractivity contribution is -0.144. The van der Waals surface area contributed by atoms with Crippen LogP contribution in [0.25, 0.3) is 17.1 Å². The highest BCUT2D eigenvalue weighted by molar-refractivity contribution is 8.13. The number of esters is 1. The van der Waals surface area contributed by atoms with Gasteiger partial charge < -0.3 is 10.1 Å². The van der Waals surface area contributed by atoms with Crippen molar-refractivity contribution >= 4 is 40.3 Å². The maximum Gasteiger partial charge on any atom is 0.325 e. The number of benzene rings is 3. The van der Waals surface area contributed by atoms with Gasteiger partial charge in [-0.25, -0.2) is 19.5 Å². The number of aryl methyl sites for hydroxylation is 3. The lowest BCUT2D eigenvalue weighted by atomic mass is 10.1. The Morgan fingerprint density at radius 3 is 2.21 bits per heavy atom. The molecular weight excluding hydrogens is 548 g/mol. The van der Waals surface area contributed by atoms with E-state index in [9.17, 15) is 9.59 Å². The summed E-state index contributed by atoms with van der Waals surface area (Å²) in [7, 11) is 0. The fraction of sp³-hybridized carbons (Fsp3) is 0.281. The van der Waals surface area contributed by atoms with E-state index in [0.29, 0.717) is 16.7 Å². The fourth-order valence-corrected chi connectivity index (χ4v) is 4.28. The predicted octanol–water partition coefficient (Wildman–Crippen LogP) is 7.58. The van der Waals surface area contributed by atoms with Gasteiger partial charge in [0.05, 0.1) is 17.3 Å². The van der Waals surface area contributed by atoms with Gasteiger partial charge in [-0.2, -0.15) is 0 Å². The molecule has 0 saturated heterocycles. The molecule has 2 N–H and O–H groups in total. The van der Waals surface area contributed by atoms with Crippen LogP contribution in [0.1, 0.15) is 44.4 Å². The van der Waals surface area contributed by atoms with Crippen LogP contribution in [-0.4, -0.2) is 37.9 Å². The maximum atomic E-state index is 12.9. The molecule has 1 aromatic heterocycles. The highest BCUT2D eigenvalue weighted by Crippen LogP contribution is 2.25. The second-order valence-corrected chi connectivity index (χ2v) is 10.5. The molecule has 42 heavy (non-hydrogen) atoms. The minimum absolute atomic E-state index is 0.0258. The highest BCUT2D eigenvalue weighted by Gasteiger charge is 2.13. The van der Waals surface area contributed by atoms with Crippen molar-refractivity contribution in [2.45, 2.75) is 48.5 Å². The van der Waals surface area contributed by atoms with E-state index in [-0.39, 0.29) is 17.8 Å². The molecule has 0 spiro atoms. The van der Waals surface area contributed by atoms with E-state index in [1.807, 2.05) is 89.2 Å². The smallest absolute Gasteiger partial charge is 0.325 e. The molecule has 0 unspecified atom stereocenters. The van der Waals surface area contributed by atoms with Gasteiger partial charge in [0, 0.05) is 11.3 Å². The number of nitrogens with one attached hydrogen (secondary N) is 2. The van der Waals surface area contributed by atoms with Crippen LogP contribution in [0.2, 0.25) is 0 Å². The SMILES string of the molecule is CC.Cc1ccc(-n2cnc(-c3ccc(NC(=O)NC(=Nc4c(C)cccc4C)SCOC(=O)C(C)C)cc3)n2)cc1. The molecule has 0 aliphatic carbocycles. The first-order chi connectivity index (χ1) is 20.2. The number of carbonyl (C=O) groups excluding carboxylic acids is 2. The van der Waals surface area contributed by atoms with Crippen LogP contribution >= 0.6 is 11.8 Å². The zero-order valence-corrected chi connectivity index (χ0v) is 26.0. The molecule has 4 rings (SSSR count). The van der Waals surface area contributed by atoms with Gasteiger partial charge in [-0.1, -0.05) is 63.6 Å². The van der Waals surface area contributed by atoms with Gasteiger partial charge in [-0.05, 0) is 80.1 Å². The molecule has 220 valence electrons. The van der Waals surface area contributed by atoms with E-state index in [1.165, 1.54) is 5.56 Å². The molecule has 2 amide bonds. The molecule has 0 radical (unpaired) electrons. The predicted molar refractivity (Wildman–Crippen MR) is 171 cm³/mol. The molecule has 0 bridgehead atoms. The van der Waals surface area contributed by atoms with Crippen molar-refractivity contribution in [2.75, 3.05) is 11.3 Å². The van der Waals surface area contributed by atoms with Crippen molar-refractivity contribution in [2.24, 2.45) is 10.9 Å². The third kappa shape index (κ3) is 9.04. The van der Waals surface area contributed by atoms with Gasteiger partial charge in [0.2, 0.25) is 0 Å². The lowest BCUT2D eigenvalue weighted by Crippen LogP contribution is -2.33. The Hall–Kier alpha value is -4.44. The summed E-state index contributed by atoms with van der Waals surface area (Å²) in [6.07, 6.45) is 1.67. The maximum absolute atomic E-state index is 12.9. The molecule has 0 saturated carbocycles. The summed E-state index contributed by atoms with van der Waals surface area (Å²) < 4.78 is 7.00. The Labute approximate surface area is 251 Å². The van der Waals surface area contributed by atoms with Crippen LogP contribution in [0, 0.1) is 26.7 Å². The average Bonchev–Trinajstić information content (AvgIpc) is 3.47. The monoisotopic (exact) mass is 586 g/mol. The molecule has 4 aromatic rings. The summed E-state index contributed by atoms with van der Waals surface area (Å²) in [6.45, 7) is 13.5. The zero-order chi connectivity index (χ0) is 30.6. The van der Waals surface area contributed by atoms with E-state index in [1.54, 1.807) is 37.0 Å². The Bertz CT molecular complexity index is 1490. The second-order valence-electron chi connectivity index (χ2n) is 9.54. The number of hydrogen-bond acceptors (Lipinski definition) is 7. The van der Waals surface area contributed by atoms with Crippen LogP contribution in [0.5, 0.6) is 0 Å². The van der Waals surface area contributed by atoms with Crippen molar-refractivity contribution < 1.29 is 14.3 Å². The third-order valence-electron chi connectivity index (χ3n) is 5.93. The van der Waals surface area contributed by atoms with Crippen LogP contribution < -0.4 is 10.6 Å². The Kier molecular flexibility index (Phi) is 11.9. The van der Waals surface area contributed by atoms with Gasteiger partial charge in [-0.3, -0.25) is 10.1 Å². The molecular formula is C32H38N6O3S. The number of thioether (sulfide) groups is 1. The van der Waals surface area contributed by atoms with Gasteiger partial charge in [-0.15, -0.1) is 5.10 Å². The largest absolute Gasteiger partial charge is 0.454 e. The van der Waals surface area contributed by atoms with Gasteiger partial charge >= 0.3 is 12.0 Å². The highest BCUT2D eigenvalue weighted by atomic mass is 32.2. The quantitative estimate of drug-likeness (QED) is 0.0999. The first kappa shape index (κ1) is 32.1. The van der Waals surface area contributed by atoms with E-state index in [4.69, 9.17) is 4.74 Å². The molecule has 9 nitrogen and oxygen atoms in total. The molecule has 10 heteroatoms. The van der Waals surface area contributed by atoms with Crippen LogP contribution in [0.15, 0.2) is 78.0 Å². The Morgan fingerprint density at radius 1 is 0.952 bits per heavy atom. The summed E-state index contributed by atoms with van der Waals surface area (Å²) in [5.41, 5.74) is 6.19. The van der Waals surface area contributed by atoms with E-state index >= 15 is 0 Å². The van der Waals surface area contributed by atoms with Crippen LogP contribution in [0.3, 0.4) is 0 Å². The van der Waals surface area contributed by atoms with Gasteiger partial charge in [0.1, 0.15) is 12.3 Å². The fourth-order valence-electron chi connectivity index (χ4n) is 3.67. The summed E-state index contributed by atoms with van der Waals surface area (Å²) in [6, 6.07) is 20.7. The zero-order valence-electron chi connectivity index (χ0n) is 25.1. The summed E-state index contributed by atoms with van der Waals surface area (Å²) >= 11 is 1.14. The van der Waals surface area contributed by atoms with Crippen molar-refractivity contribution in [3.8, 4) is 17.1 Å². The number of aromatic nitrogens is 3. The van der Waals surface area contributed by atoms with E-state index in [0.717, 1.165) is 39.8 Å². The number of aliphatic imine (C=N–C) groups is 1. The number of amides is 2. The number of nitrogens with zero attached hydrogens (tertiary/aromatic N) is 4. The number of urea groups is 1. The van der Waals surface area contributed by atoms with Crippen LogP contribution in [0.4, 0.5) is 16.2 Å². The van der Waals surface area contributed by atoms with Gasteiger partial charge in [0.15, 0.2) is 11.0 Å². The lowest BCUT2D eigenvalue weighted by Gasteiger charge is -2.13. The standard InChI is InChI=1S/C30H32N6O3S.C2H6/c1-19(2)28(37)39-18-40-30(33-26-21(4)7-6-8-22(26)5)34-29(38)32-24-13-11-23(12-14-24)27-31-17-36(35-27)25-15-9-20(3)10-16-25;1-2/h6-17,19H,18H2,1-5H3,(H2,32,33,34,38);1-2H3. The molecule has 0 fully saturated rings. The first-order valence-electron chi connectivity index (χ1n) is 13.8. The van der Waals surface area contributed by atoms with Gasteiger partial charge in [0.25, 0.3) is 0 Å². The van der Waals surface area contributed by atoms with E-state index < -0.39 is 6.03 Å². The third-order valence-corrected chi connectivity index (χ3v) is 6.64. The number of ether oxygens (including phenoxy) is 1. The topological polar surface area (TPSA) is 111 Å². The van der Waals surface area contributed by atoms with Crippen LogP contribution in [-0.2, 0) is 9.53 Å². The average molecular weight is 587 g/mol. The second kappa shape index (κ2) is 15.5. The summed E-state index contributed by atoms with van der Waals surface area (Å²) in [4.78, 5) is 33.8. The number of carbonyl (C=O) groups is 2. The van der Waals surface area contributed by atoms with Crippen molar-refractivity contribution in [1.29, 1.82) is 0 Å². The first-order valence-corrected chi connectivity index (χ1v) is 14.8. The number of amidine groups is 1. The summed E-state index contributed by atoms with van der Waals surface area (Å²) in [5.74, 6) is 0.0387. The Balaban J connectivity index is 0.00000237. The number of anilines is 1. The van der Waals surface area contributed by atoms with Crippen molar-refractivity contribution in [3.05, 3.63) is 89.7 Å². The molecule has 0 aliphatic heterocycles. The normalized spacial score (nSPS) is 11.0. The van der Waals surface area contributed by atoms with E-state index in [2.05, 4.69) is 25.7 Å². The molecule has 0 aliphatic rings. The molecule has 0 atom stereocenters.